The van der Waals surface area contributed by atoms with E-state index >= 15 is 0 Å². The van der Waals surface area contributed by atoms with Gasteiger partial charge < -0.3 is 10.2 Å². The van der Waals surface area contributed by atoms with Crippen molar-refractivity contribution in [1.82, 2.24) is 10.2 Å². The van der Waals surface area contributed by atoms with Gasteiger partial charge in [-0.1, -0.05) is 43.1 Å². The van der Waals surface area contributed by atoms with Crippen molar-refractivity contribution in [2.24, 2.45) is 11.8 Å². The maximum atomic E-state index is 12.4. The number of likely N-dealkylation sites (tertiary alicyclic amines) is 1. The predicted octanol–water partition coefficient (Wildman–Crippen LogP) is 3.55. The molecule has 24 heavy (non-hydrogen) atoms. The van der Waals surface area contributed by atoms with E-state index in [0.717, 1.165) is 24.9 Å². The number of halogens is 2. The first-order valence-electron chi connectivity index (χ1n) is 8.39. The minimum absolute atomic E-state index is 0.0151. The second-order valence-electron chi connectivity index (χ2n) is 6.55. The Bertz CT molecular complexity index is 605. The van der Waals surface area contributed by atoms with Gasteiger partial charge in [-0.15, -0.1) is 0 Å². The summed E-state index contributed by atoms with van der Waals surface area (Å²) in [5, 5.41) is 4.18. The van der Waals surface area contributed by atoms with E-state index in [1.54, 1.807) is 12.1 Å². The summed E-state index contributed by atoms with van der Waals surface area (Å²) in [6, 6.07) is 5.37. The van der Waals surface area contributed by atoms with Gasteiger partial charge in [-0.25, -0.2) is 0 Å². The molecule has 1 aliphatic rings. The Labute approximate surface area is 153 Å². The van der Waals surface area contributed by atoms with E-state index in [2.05, 4.69) is 5.32 Å². The van der Waals surface area contributed by atoms with E-state index in [1.807, 2.05) is 24.8 Å². The molecule has 0 saturated carbocycles. The Balaban J connectivity index is 1.82. The first-order chi connectivity index (χ1) is 11.4. The van der Waals surface area contributed by atoms with E-state index in [4.69, 9.17) is 23.2 Å². The second-order valence-corrected chi connectivity index (χ2v) is 7.40. The van der Waals surface area contributed by atoms with E-state index in [0.29, 0.717) is 29.6 Å². The number of hydrogen-bond acceptors (Lipinski definition) is 2. The lowest BCUT2D eigenvalue weighted by atomic mass is 9.96. The molecule has 1 saturated heterocycles. The highest BCUT2D eigenvalue weighted by Crippen LogP contribution is 2.21. The molecule has 0 bridgehead atoms. The van der Waals surface area contributed by atoms with Gasteiger partial charge in [-0.05, 0) is 37.0 Å². The van der Waals surface area contributed by atoms with E-state index in [9.17, 15) is 9.59 Å². The van der Waals surface area contributed by atoms with Crippen molar-refractivity contribution < 1.29 is 9.59 Å². The minimum Gasteiger partial charge on any atom is -0.355 e. The number of nitrogens with zero attached hydrogens (tertiary/aromatic N) is 1. The van der Waals surface area contributed by atoms with Gasteiger partial charge in [0.15, 0.2) is 0 Å². The summed E-state index contributed by atoms with van der Waals surface area (Å²) in [4.78, 5) is 26.3. The number of nitrogens with one attached hydrogen (secondary N) is 1. The van der Waals surface area contributed by atoms with Crippen LogP contribution < -0.4 is 5.32 Å². The molecule has 1 N–H and O–H groups in total. The van der Waals surface area contributed by atoms with Crippen LogP contribution in [0.3, 0.4) is 0 Å². The molecule has 1 aromatic rings. The molecule has 0 aromatic heterocycles. The van der Waals surface area contributed by atoms with E-state index < -0.39 is 0 Å². The van der Waals surface area contributed by atoms with Crippen LogP contribution in [-0.4, -0.2) is 36.3 Å². The van der Waals surface area contributed by atoms with Gasteiger partial charge in [0.25, 0.3) is 0 Å². The van der Waals surface area contributed by atoms with Gasteiger partial charge >= 0.3 is 0 Å². The molecule has 0 spiro atoms. The van der Waals surface area contributed by atoms with Crippen LogP contribution in [0.1, 0.15) is 32.3 Å². The van der Waals surface area contributed by atoms with Crippen molar-refractivity contribution in [3.8, 4) is 0 Å². The minimum atomic E-state index is -0.123. The third kappa shape index (κ3) is 5.12. The molecule has 0 unspecified atom stereocenters. The van der Waals surface area contributed by atoms with Gasteiger partial charge in [-0.2, -0.15) is 0 Å². The van der Waals surface area contributed by atoms with Gasteiger partial charge in [0, 0.05) is 35.6 Å². The number of amides is 2. The predicted molar refractivity (Wildman–Crippen MR) is 97.3 cm³/mol. The lowest BCUT2D eigenvalue weighted by Gasteiger charge is -2.33. The summed E-state index contributed by atoms with van der Waals surface area (Å²) in [7, 11) is 0. The number of carbonyl (C=O) groups excluding carboxylic acids is 2. The normalized spacial score (nSPS) is 17.9. The Morgan fingerprint density at radius 2 is 2.08 bits per heavy atom. The third-order valence-corrected chi connectivity index (χ3v) is 4.89. The molecule has 1 heterocycles. The summed E-state index contributed by atoms with van der Waals surface area (Å²) in [6.45, 7) is 5.57. The van der Waals surface area contributed by atoms with Crippen LogP contribution in [0.2, 0.25) is 10.0 Å². The van der Waals surface area contributed by atoms with Crippen LogP contribution in [0.5, 0.6) is 0 Å². The number of carbonyl (C=O) groups is 2. The summed E-state index contributed by atoms with van der Waals surface area (Å²) >= 11 is 12.0. The average molecular weight is 371 g/mol. The molecule has 132 valence electrons. The maximum Gasteiger partial charge on any atom is 0.225 e. The van der Waals surface area contributed by atoms with E-state index in [1.165, 1.54) is 0 Å². The van der Waals surface area contributed by atoms with Crippen LogP contribution >= 0.6 is 23.2 Å². The molecule has 6 heteroatoms. The molecule has 0 radical (unpaired) electrons. The number of hydrogen-bond donors (Lipinski definition) is 1. The largest absolute Gasteiger partial charge is 0.355 e. The lowest BCUT2D eigenvalue weighted by Crippen LogP contribution is -2.46. The number of rotatable bonds is 5. The van der Waals surface area contributed by atoms with Crippen LogP contribution in [-0.2, 0) is 16.0 Å². The Kier molecular flexibility index (Phi) is 6.93. The molecule has 1 fully saturated rings. The maximum absolute atomic E-state index is 12.4. The molecular formula is C18H24Cl2N2O2. The molecule has 0 aliphatic carbocycles. The molecule has 4 nitrogen and oxygen atoms in total. The Hall–Kier alpha value is -1.26. The SMILES string of the molecule is CC(C)C(=O)N1CCC[C@@H](C(=O)NCCc2ccc(Cl)cc2Cl)C1. The zero-order valence-electron chi connectivity index (χ0n) is 14.1. The molecule has 2 rings (SSSR count). The molecule has 1 atom stereocenters. The van der Waals surface area contributed by atoms with Gasteiger partial charge in [-0.3, -0.25) is 9.59 Å². The van der Waals surface area contributed by atoms with Gasteiger partial charge in [0.2, 0.25) is 11.8 Å². The van der Waals surface area contributed by atoms with Crippen LogP contribution in [0.15, 0.2) is 18.2 Å². The van der Waals surface area contributed by atoms with Crippen molar-refractivity contribution >= 4 is 35.0 Å². The average Bonchev–Trinajstić information content (AvgIpc) is 2.56. The summed E-state index contributed by atoms with van der Waals surface area (Å²) in [5.41, 5.74) is 0.960. The highest BCUT2D eigenvalue weighted by molar-refractivity contribution is 6.35. The van der Waals surface area contributed by atoms with Crippen molar-refractivity contribution in [2.75, 3.05) is 19.6 Å². The molecule has 1 aliphatic heterocycles. The van der Waals surface area contributed by atoms with Crippen LogP contribution in [0.25, 0.3) is 0 Å². The fourth-order valence-corrected chi connectivity index (χ4v) is 3.45. The Morgan fingerprint density at radius 3 is 2.75 bits per heavy atom. The first-order valence-corrected chi connectivity index (χ1v) is 9.14. The summed E-state index contributed by atoms with van der Waals surface area (Å²) in [5.74, 6) is -0.0113. The van der Waals surface area contributed by atoms with Crippen LogP contribution in [0.4, 0.5) is 0 Å². The smallest absolute Gasteiger partial charge is 0.225 e. The van der Waals surface area contributed by atoms with Crippen molar-refractivity contribution in [3.63, 3.8) is 0 Å². The fraction of sp³-hybridized carbons (Fsp3) is 0.556. The number of piperidine rings is 1. The monoisotopic (exact) mass is 370 g/mol. The zero-order valence-corrected chi connectivity index (χ0v) is 15.7. The summed E-state index contributed by atoms with van der Waals surface area (Å²) < 4.78 is 0. The van der Waals surface area contributed by atoms with Crippen molar-refractivity contribution in [1.29, 1.82) is 0 Å². The highest BCUT2D eigenvalue weighted by atomic mass is 35.5. The molecular weight excluding hydrogens is 347 g/mol. The third-order valence-electron chi connectivity index (χ3n) is 4.31. The number of benzene rings is 1. The van der Waals surface area contributed by atoms with E-state index in [-0.39, 0.29) is 23.7 Å². The van der Waals surface area contributed by atoms with Crippen molar-refractivity contribution in [2.45, 2.75) is 33.1 Å². The van der Waals surface area contributed by atoms with Gasteiger partial charge in [0.1, 0.15) is 0 Å². The van der Waals surface area contributed by atoms with Crippen LogP contribution in [0, 0.1) is 11.8 Å². The standard InChI is InChI=1S/C18H24Cl2N2O2/c1-12(2)18(24)22-9-3-4-14(11-22)17(23)21-8-7-13-5-6-15(19)10-16(13)20/h5-6,10,12,14H,3-4,7-9,11H2,1-2H3,(H,21,23)/t14-/m1/s1. The Morgan fingerprint density at radius 1 is 1.33 bits per heavy atom. The molecule has 1 aromatic carbocycles. The summed E-state index contributed by atoms with van der Waals surface area (Å²) in [6.07, 6.45) is 2.36. The topological polar surface area (TPSA) is 49.4 Å². The fourth-order valence-electron chi connectivity index (χ4n) is 2.95. The van der Waals surface area contributed by atoms with Gasteiger partial charge in [0.05, 0.1) is 5.92 Å². The zero-order chi connectivity index (χ0) is 17.7. The molecule has 2 amide bonds. The van der Waals surface area contributed by atoms with Crippen molar-refractivity contribution in [3.05, 3.63) is 33.8 Å². The first kappa shape index (κ1) is 19.1. The quantitative estimate of drug-likeness (QED) is 0.861. The lowest BCUT2D eigenvalue weighted by molar-refractivity contribution is -0.138. The highest BCUT2D eigenvalue weighted by Gasteiger charge is 2.29. The second kappa shape index (κ2) is 8.72.